The Hall–Kier alpha value is 0.000000000000000111. The van der Waals surface area contributed by atoms with E-state index in [-0.39, 0.29) is 12.1 Å². The lowest BCUT2D eigenvalue weighted by atomic mass is 9.76. The molecule has 136 valence electrons. The Kier molecular flexibility index (Phi) is 7.95. The molecule has 0 unspecified atom stereocenters. The first-order valence-corrected chi connectivity index (χ1v) is 14.9. The molecule has 3 rings (SSSR count). The lowest BCUT2D eigenvalue weighted by Gasteiger charge is -2.50. The molecular formula is C20H20I2N2S2. The van der Waals surface area contributed by atoms with Crippen molar-refractivity contribution in [1.82, 2.24) is 8.61 Å². The summed E-state index contributed by atoms with van der Waals surface area (Å²) in [4.78, 5) is 0. The quantitative estimate of drug-likeness (QED) is 0.240. The molecule has 1 aliphatic rings. The summed E-state index contributed by atoms with van der Waals surface area (Å²) < 4.78 is 4.84. The monoisotopic (exact) mass is 606 g/mol. The lowest BCUT2D eigenvalue weighted by molar-refractivity contribution is 0.222. The highest BCUT2D eigenvalue weighted by atomic mass is 127. The molecule has 0 saturated heterocycles. The maximum Gasteiger partial charge on any atom is 0.0666 e. The highest BCUT2D eigenvalue weighted by Crippen LogP contribution is 2.46. The minimum Gasteiger partial charge on any atom is -0.228 e. The van der Waals surface area contributed by atoms with Crippen molar-refractivity contribution in [2.24, 2.45) is 0 Å². The van der Waals surface area contributed by atoms with E-state index in [2.05, 4.69) is 125 Å². The van der Waals surface area contributed by atoms with Gasteiger partial charge in [0.25, 0.3) is 0 Å². The van der Waals surface area contributed by atoms with Crippen molar-refractivity contribution < 1.29 is 0 Å². The summed E-state index contributed by atoms with van der Waals surface area (Å²) in [6, 6.07) is 21.8. The smallest absolute Gasteiger partial charge is 0.0666 e. The maximum absolute atomic E-state index is 4.31. The Morgan fingerprint density at radius 2 is 1.04 bits per heavy atom. The highest BCUT2D eigenvalue weighted by molar-refractivity contribution is 14.2. The first-order valence-electron chi connectivity index (χ1n) is 8.22. The molecule has 6 heteroatoms. The van der Waals surface area contributed by atoms with Crippen molar-refractivity contribution in [3.05, 3.63) is 96.1 Å². The van der Waals surface area contributed by atoms with Gasteiger partial charge in [0.1, 0.15) is 0 Å². The van der Waals surface area contributed by atoms with Crippen molar-refractivity contribution in [2.45, 2.75) is 25.2 Å². The van der Waals surface area contributed by atoms with Gasteiger partial charge in [-0.15, -0.1) is 0 Å². The van der Waals surface area contributed by atoms with Crippen molar-refractivity contribution in [1.29, 1.82) is 0 Å². The third-order valence-electron chi connectivity index (χ3n) is 4.59. The minimum absolute atomic E-state index is 0.274. The first kappa shape index (κ1) is 20.7. The summed E-state index contributed by atoms with van der Waals surface area (Å²) in [5.74, 6) is 0. The molecule has 1 saturated carbocycles. The number of hydrogen-bond acceptors (Lipinski definition) is 4. The van der Waals surface area contributed by atoms with Crippen LogP contribution < -0.4 is 0 Å². The van der Waals surface area contributed by atoms with Crippen LogP contribution in [0.2, 0.25) is 0 Å². The van der Waals surface area contributed by atoms with Crippen LogP contribution in [0.1, 0.15) is 11.1 Å². The van der Waals surface area contributed by atoms with E-state index in [1.807, 2.05) is 0 Å². The van der Waals surface area contributed by atoms with Gasteiger partial charge in [-0.05, 0) is 40.5 Å². The van der Waals surface area contributed by atoms with Gasteiger partial charge in [0.2, 0.25) is 0 Å². The summed E-state index contributed by atoms with van der Waals surface area (Å²) in [6.07, 6.45) is 0. The van der Waals surface area contributed by atoms with E-state index in [1.54, 1.807) is 18.2 Å². The normalized spacial score (nSPS) is 19.8. The standard InChI is InChI=1S/C20H20I2N2S2/c1-15-16(2)20(24(26-22)14-18-11-7-4-8-12-18)19(15)23(25-21)13-17-9-5-3-6-10-17/h3-12,19-20H,1-2,13-14H2/t19-,20-/m1/s1. The van der Waals surface area contributed by atoms with E-state index in [0.717, 1.165) is 24.2 Å². The number of rotatable bonds is 8. The summed E-state index contributed by atoms with van der Waals surface area (Å²) in [5.41, 5.74) is 4.94. The molecule has 2 aromatic carbocycles. The summed E-state index contributed by atoms with van der Waals surface area (Å²) in [5, 5.41) is 0. The van der Waals surface area contributed by atoms with Gasteiger partial charge in [-0.3, -0.25) is 0 Å². The van der Waals surface area contributed by atoms with E-state index >= 15 is 0 Å². The second-order valence-electron chi connectivity index (χ2n) is 6.20. The molecule has 1 aliphatic carbocycles. The fourth-order valence-corrected chi connectivity index (χ4v) is 6.54. The number of hydrogen-bond donors (Lipinski definition) is 0. The molecule has 26 heavy (non-hydrogen) atoms. The van der Waals surface area contributed by atoms with Crippen LogP contribution >= 0.6 is 60.6 Å². The Labute approximate surface area is 188 Å². The Balaban J connectivity index is 1.78. The van der Waals surface area contributed by atoms with Crippen LogP contribution in [0.4, 0.5) is 0 Å². The van der Waals surface area contributed by atoms with Crippen LogP contribution in [-0.2, 0) is 13.1 Å². The first-order chi connectivity index (χ1) is 12.7. The van der Waals surface area contributed by atoms with Crippen molar-refractivity contribution in [2.75, 3.05) is 0 Å². The molecular weight excluding hydrogens is 586 g/mol. The van der Waals surface area contributed by atoms with E-state index in [4.69, 9.17) is 0 Å². The van der Waals surface area contributed by atoms with Gasteiger partial charge in [0, 0.05) is 55.5 Å². The van der Waals surface area contributed by atoms with Gasteiger partial charge in [-0.25, -0.2) is 8.61 Å². The van der Waals surface area contributed by atoms with Crippen molar-refractivity contribution in [3.8, 4) is 0 Å². The number of halogens is 2. The molecule has 0 bridgehead atoms. The van der Waals surface area contributed by atoms with Gasteiger partial charge in [-0.2, -0.15) is 0 Å². The Morgan fingerprint density at radius 3 is 1.35 bits per heavy atom. The van der Waals surface area contributed by atoms with Crippen LogP contribution in [0.3, 0.4) is 0 Å². The summed E-state index contributed by atoms with van der Waals surface area (Å²) in [6.45, 7) is 10.4. The molecule has 1 fully saturated rings. The molecule has 0 amide bonds. The largest absolute Gasteiger partial charge is 0.228 e. The van der Waals surface area contributed by atoms with Gasteiger partial charge < -0.3 is 0 Å². The van der Waals surface area contributed by atoms with Crippen LogP contribution in [-0.4, -0.2) is 20.7 Å². The zero-order chi connectivity index (χ0) is 18.5. The molecule has 0 radical (unpaired) electrons. The molecule has 2 nitrogen and oxygen atoms in total. The zero-order valence-electron chi connectivity index (χ0n) is 14.2. The molecule has 0 spiro atoms. The molecule has 2 aromatic rings. The molecule has 0 aliphatic heterocycles. The third-order valence-corrected chi connectivity index (χ3v) is 8.69. The highest BCUT2D eigenvalue weighted by Gasteiger charge is 2.46. The molecule has 0 N–H and O–H groups in total. The minimum atomic E-state index is 0.274. The Morgan fingerprint density at radius 1 is 0.692 bits per heavy atom. The van der Waals surface area contributed by atoms with Gasteiger partial charge in [0.05, 0.1) is 12.1 Å². The third kappa shape index (κ3) is 4.70. The second-order valence-corrected chi connectivity index (χ2v) is 9.78. The molecule has 2 atom stereocenters. The predicted octanol–water partition coefficient (Wildman–Crippen LogP) is 6.85. The van der Waals surface area contributed by atoms with Crippen LogP contribution in [0.15, 0.2) is 85.0 Å². The van der Waals surface area contributed by atoms with Crippen LogP contribution in [0.25, 0.3) is 0 Å². The topological polar surface area (TPSA) is 6.48 Å². The number of benzene rings is 2. The second kappa shape index (κ2) is 9.97. The van der Waals surface area contributed by atoms with Crippen molar-refractivity contribution >= 4 is 60.6 Å². The van der Waals surface area contributed by atoms with E-state index in [0.29, 0.717) is 0 Å². The average Bonchev–Trinajstić information content (AvgIpc) is 2.70. The summed E-state index contributed by atoms with van der Waals surface area (Å²) >= 11 is 4.76. The summed E-state index contributed by atoms with van der Waals surface area (Å²) in [7, 11) is 3.51. The lowest BCUT2D eigenvalue weighted by Crippen LogP contribution is -2.56. The molecule has 0 heterocycles. The SMILES string of the molecule is C=C1C(=C)[C@@H](N(Cc2ccccc2)SI)[C@@H]1N(Cc1ccccc1)SI. The maximum atomic E-state index is 4.31. The van der Waals surface area contributed by atoms with Gasteiger partial charge in [0.15, 0.2) is 0 Å². The van der Waals surface area contributed by atoms with Crippen molar-refractivity contribution in [3.63, 3.8) is 0 Å². The van der Waals surface area contributed by atoms with E-state index in [1.165, 1.54) is 11.1 Å². The van der Waals surface area contributed by atoms with Crippen LogP contribution in [0, 0.1) is 0 Å². The zero-order valence-corrected chi connectivity index (χ0v) is 20.2. The molecule has 0 aromatic heterocycles. The Bertz CT molecular complexity index is 689. The fourth-order valence-electron chi connectivity index (χ4n) is 3.19. The number of nitrogens with zero attached hydrogens (tertiary/aromatic N) is 2. The van der Waals surface area contributed by atoms with Crippen LogP contribution in [0.5, 0.6) is 0 Å². The van der Waals surface area contributed by atoms with E-state index < -0.39 is 0 Å². The van der Waals surface area contributed by atoms with Gasteiger partial charge >= 0.3 is 0 Å². The predicted molar refractivity (Wildman–Crippen MR) is 133 cm³/mol. The fraction of sp³-hybridized carbons (Fsp3) is 0.200. The van der Waals surface area contributed by atoms with E-state index in [9.17, 15) is 0 Å². The average molecular weight is 606 g/mol. The van der Waals surface area contributed by atoms with Gasteiger partial charge in [-0.1, -0.05) is 73.8 Å².